The second-order valence-corrected chi connectivity index (χ2v) is 4.76. The number of phenols is 1. The zero-order valence-electron chi connectivity index (χ0n) is 9.54. The first-order valence-electron chi connectivity index (χ1n) is 5.84. The summed E-state index contributed by atoms with van der Waals surface area (Å²) < 4.78 is 13.0. The molecule has 88 valence electrons. The van der Waals surface area contributed by atoms with Crippen LogP contribution in [-0.2, 0) is 6.54 Å². The second-order valence-electron chi connectivity index (χ2n) is 4.76. The van der Waals surface area contributed by atoms with Crippen LogP contribution in [0.3, 0.4) is 0 Å². The van der Waals surface area contributed by atoms with E-state index < -0.39 is 0 Å². The molecule has 2 nitrogen and oxygen atoms in total. The largest absolute Gasteiger partial charge is 0.508 e. The first kappa shape index (κ1) is 11.4. The number of benzene rings is 1. The molecule has 1 fully saturated rings. The Labute approximate surface area is 95.5 Å². The van der Waals surface area contributed by atoms with Crippen molar-refractivity contribution in [2.45, 2.75) is 26.3 Å². The van der Waals surface area contributed by atoms with Crippen LogP contribution < -0.4 is 5.32 Å². The molecule has 0 heterocycles. The second kappa shape index (κ2) is 4.83. The molecule has 2 N–H and O–H groups in total. The van der Waals surface area contributed by atoms with Crippen molar-refractivity contribution >= 4 is 0 Å². The van der Waals surface area contributed by atoms with Gasteiger partial charge in [-0.2, -0.15) is 0 Å². The maximum atomic E-state index is 13.0. The van der Waals surface area contributed by atoms with E-state index in [1.165, 1.54) is 18.9 Å². The molecule has 1 saturated carbocycles. The van der Waals surface area contributed by atoms with Crippen molar-refractivity contribution in [1.29, 1.82) is 0 Å². The van der Waals surface area contributed by atoms with E-state index in [1.807, 2.05) is 0 Å². The van der Waals surface area contributed by atoms with Crippen LogP contribution in [-0.4, -0.2) is 11.7 Å². The smallest absolute Gasteiger partial charge is 0.127 e. The highest BCUT2D eigenvalue weighted by Crippen LogP contribution is 2.36. The predicted molar refractivity (Wildman–Crippen MR) is 61.7 cm³/mol. The monoisotopic (exact) mass is 223 g/mol. The van der Waals surface area contributed by atoms with E-state index in [1.54, 1.807) is 6.07 Å². The van der Waals surface area contributed by atoms with Crippen molar-refractivity contribution in [2.24, 2.45) is 11.8 Å². The molecule has 3 heteroatoms. The van der Waals surface area contributed by atoms with E-state index in [0.717, 1.165) is 24.1 Å². The molecule has 0 saturated heterocycles. The molecular weight excluding hydrogens is 205 g/mol. The van der Waals surface area contributed by atoms with E-state index in [9.17, 15) is 9.50 Å². The lowest BCUT2D eigenvalue weighted by Crippen LogP contribution is -2.21. The molecule has 0 aliphatic heterocycles. The third-order valence-electron chi connectivity index (χ3n) is 3.16. The van der Waals surface area contributed by atoms with Crippen molar-refractivity contribution in [3.63, 3.8) is 0 Å². The van der Waals surface area contributed by atoms with Crippen LogP contribution in [0, 0.1) is 17.7 Å². The van der Waals surface area contributed by atoms with Crippen molar-refractivity contribution < 1.29 is 9.50 Å². The number of aromatic hydroxyl groups is 1. The maximum Gasteiger partial charge on any atom is 0.127 e. The third kappa shape index (κ3) is 3.20. The van der Waals surface area contributed by atoms with Crippen LogP contribution in [0.5, 0.6) is 5.75 Å². The minimum atomic E-state index is -0.382. The fraction of sp³-hybridized carbons (Fsp3) is 0.538. The van der Waals surface area contributed by atoms with Crippen LogP contribution in [0.25, 0.3) is 0 Å². The molecule has 1 aromatic rings. The molecule has 0 radical (unpaired) electrons. The van der Waals surface area contributed by atoms with Gasteiger partial charge >= 0.3 is 0 Å². The van der Waals surface area contributed by atoms with Crippen LogP contribution in [0.2, 0.25) is 0 Å². The molecule has 1 aromatic carbocycles. The highest BCUT2D eigenvalue weighted by Gasteiger charge is 2.27. The van der Waals surface area contributed by atoms with Crippen molar-refractivity contribution in [3.8, 4) is 5.75 Å². The van der Waals surface area contributed by atoms with Crippen molar-refractivity contribution in [2.75, 3.05) is 6.54 Å². The molecule has 1 aliphatic rings. The van der Waals surface area contributed by atoms with E-state index >= 15 is 0 Å². The van der Waals surface area contributed by atoms with Gasteiger partial charge in [0.2, 0.25) is 0 Å². The molecule has 2 rings (SSSR count). The first-order valence-corrected chi connectivity index (χ1v) is 5.84. The van der Waals surface area contributed by atoms with Crippen molar-refractivity contribution in [1.82, 2.24) is 5.32 Å². The average molecular weight is 223 g/mol. The van der Waals surface area contributed by atoms with E-state index in [-0.39, 0.29) is 11.6 Å². The number of hydrogen-bond acceptors (Lipinski definition) is 2. The fourth-order valence-corrected chi connectivity index (χ4v) is 2.01. The van der Waals surface area contributed by atoms with Gasteiger partial charge in [-0.3, -0.25) is 0 Å². The number of hydrogen-bond donors (Lipinski definition) is 2. The summed E-state index contributed by atoms with van der Waals surface area (Å²) in [5.41, 5.74) is 0.792. The lowest BCUT2D eigenvalue weighted by molar-refractivity contribution is 0.455. The molecule has 1 aliphatic carbocycles. The van der Waals surface area contributed by atoms with Crippen LogP contribution in [0.1, 0.15) is 25.3 Å². The van der Waals surface area contributed by atoms with Gasteiger partial charge in [-0.1, -0.05) is 6.92 Å². The SMILES string of the molecule is CC(CNCc1cc(O)cc(F)c1)C1CC1. The zero-order valence-corrected chi connectivity index (χ0v) is 9.54. The van der Waals surface area contributed by atoms with Crippen LogP contribution in [0.15, 0.2) is 18.2 Å². The highest BCUT2D eigenvalue weighted by molar-refractivity contribution is 5.28. The lowest BCUT2D eigenvalue weighted by atomic mass is 10.1. The predicted octanol–water partition coefficient (Wildman–Crippen LogP) is 2.67. The Morgan fingerprint density at radius 2 is 2.19 bits per heavy atom. The Morgan fingerprint density at radius 1 is 1.44 bits per heavy atom. The molecule has 0 aromatic heterocycles. The molecule has 16 heavy (non-hydrogen) atoms. The Bertz CT molecular complexity index is 343. The Kier molecular flexibility index (Phi) is 3.44. The molecule has 0 bridgehead atoms. The fourth-order valence-electron chi connectivity index (χ4n) is 2.01. The third-order valence-corrected chi connectivity index (χ3v) is 3.16. The summed E-state index contributed by atoms with van der Waals surface area (Å²) in [6, 6.07) is 4.17. The summed E-state index contributed by atoms with van der Waals surface area (Å²) in [4.78, 5) is 0. The summed E-state index contributed by atoms with van der Waals surface area (Å²) in [5.74, 6) is 1.19. The summed E-state index contributed by atoms with van der Waals surface area (Å²) in [7, 11) is 0. The molecule has 0 amide bonds. The molecule has 1 atom stereocenters. The molecule has 1 unspecified atom stereocenters. The van der Waals surface area contributed by atoms with Crippen LogP contribution in [0.4, 0.5) is 4.39 Å². The van der Waals surface area contributed by atoms with Gasteiger partial charge in [0.25, 0.3) is 0 Å². The van der Waals surface area contributed by atoms with Crippen molar-refractivity contribution in [3.05, 3.63) is 29.6 Å². The maximum absolute atomic E-state index is 13.0. The van der Waals surface area contributed by atoms with Gasteiger partial charge in [-0.15, -0.1) is 0 Å². The summed E-state index contributed by atoms with van der Waals surface area (Å²) in [5, 5.41) is 12.5. The van der Waals surface area contributed by atoms with Gasteiger partial charge < -0.3 is 10.4 Å². The van der Waals surface area contributed by atoms with E-state index in [0.29, 0.717) is 12.5 Å². The summed E-state index contributed by atoms with van der Waals surface area (Å²) in [6.45, 7) is 3.82. The number of rotatable bonds is 5. The van der Waals surface area contributed by atoms with E-state index in [2.05, 4.69) is 12.2 Å². The number of halogens is 1. The van der Waals surface area contributed by atoms with E-state index in [4.69, 9.17) is 0 Å². The Hall–Kier alpha value is -1.09. The van der Waals surface area contributed by atoms with Gasteiger partial charge in [-0.25, -0.2) is 4.39 Å². The molecular formula is C13H18FNO. The zero-order chi connectivity index (χ0) is 11.5. The average Bonchev–Trinajstić information content (AvgIpc) is 2.98. The number of phenolic OH excluding ortho intramolecular Hbond substituents is 1. The number of nitrogens with one attached hydrogen (secondary N) is 1. The lowest BCUT2D eigenvalue weighted by Gasteiger charge is -2.11. The summed E-state index contributed by atoms with van der Waals surface area (Å²) in [6.07, 6.45) is 2.70. The quantitative estimate of drug-likeness (QED) is 0.804. The topological polar surface area (TPSA) is 32.3 Å². The first-order chi connectivity index (χ1) is 7.65. The Morgan fingerprint density at radius 3 is 2.81 bits per heavy atom. The standard InChI is InChI=1S/C13H18FNO/c1-9(11-2-3-11)7-15-8-10-4-12(14)6-13(16)5-10/h4-6,9,11,15-16H,2-3,7-8H2,1H3. The van der Waals surface area contributed by atoms with Gasteiger partial charge in [0.1, 0.15) is 11.6 Å². The van der Waals surface area contributed by atoms with Gasteiger partial charge in [0.05, 0.1) is 0 Å². The van der Waals surface area contributed by atoms with Gasteiger partial charge in [0.15, 0.2) is 0 Å². The Balaban J connectivity index is 1.79. The van der Waals surface area contributed by atoms with Gasteiger partial charge in [0, 0.05) is 12.6 Å². The minimum Gasteiger partial charge on any atom is -0.508 e. The molecule has 0 spiro atoms. The highest BCUT2D eigenvalue weighted by atomic mass is 19.1. The minimum absolute atomic E-state index is 0.00737. The van der Waals surface area contributed by atoms with Gasteiger partial charge in [-0.05, 0) is 48.9 Å². The normalized spacial score (nSPS) is 17.4. The summed E-state index contributed by atoms with van der Waals surface area (Å²) >= 11 is 0. The van der Waals surface area contributed by atoms with Crippen LogP contribution >= 0.6 is 0 Å².